The molecule has 1 heterocycles. The van der Waals surface area contributed by atoms with Gasteiger partial charge in [-0.1, -0.05) is 48.5 Å². The van der Waals surface area contributed by atoms with Crippen molar-refractivity contribution in [3.8, 4) is 6.07 Å². The molecule has 0 bridgehead atoms. The summed E-state index contributed by atoms with van der Waals surface area (Å²) in [5, 5.41) is 10.2. The maximum atomic E-state index is 13.3. The molecule has 1 aliphatic rings. The van der Waals surface area contributed by atoms with Crippen LogP contribution >= 0.6 is 0 Å². The number of hydrogen-bond acceptors (Lipinski definition) is 5. The molecular weight excluding hydrogens is 380 g/mol. The number of carbonyl (C=O) groups is 3. The molecule has 0 radical (unpaired) electrons. The molecule has 30 heavy (non-hydrogen) atoms. The summed E-state index contributed by atoms with van der Waals surface area (Å²) in [5.74, 6) is -2.92. The first-order valence-electron chi connectivity index (χ1n) is 9.78. The van der Waals surface area contributed by atoms with Gasteiger partial charge in [-0.05, 0) is 38.5 Å². The number of imide groups is 1. The largest absolute Gasteiger partial charge is 0.459 e. The SMILES string of the molecule is CC(C)(C)OC(=O)[C@](C#N)(Cc1ccccc1)[C@@H]1CC(=O)N(c2ccccc2)C1=O. The minimum atomic E-state index is -1.81. The summed E-state index contributed by atoms with van der Waals surface area (Å²) < 4.78 is 5.56. The summed E-state index contributed by atoms with van der Waals surface area (Å²) in [4.78, 5) is 40.4. The molecule has 1 aliphatic heterocycles. The third-order valence-corrected chi connectivity index (χ3v) is 5.04. The Morgan fingerprint density at radius 2 is 1.63 bits per heavy atom. The smallest absolute Gasteiger partial charge is 0.328 e. The molecule has 6 nitrogen and oxygen atoms in total. The number of carbonyl (C=O) groups excluding carboxylic acids is 3. The van der Waals surface area contributed by atoms with Gasteiger partial charge in [-0.25, -0.2) is 0 Å². The molecule has 2 aromatic carbocycles. The Labute approximate surface area is 176 Å². The molecule has 0 N–H and O–H groups in total. The summed E-state index contributed by atoms with van der Waals surface area (Å²) in [6, 6.07) is 19.6. The molecular formula is C24H24N2O4. The number of anilines is 1. The highest BCUT2D eigenvalue weighted by molar-refractivity contribution is 6.22. The van der Waals surface area contributed by atoms with Gasteiger partial charge in [0.05, 0.1) is 17.7 Å². The Hall–Kier alpha value is -3.46. The van der Waals surface area contributed by atoms with E-state index in [1.54, 1.807) is 75.4 Å². The van der Waals surface area contributed by atoms with Gasteiger partial charge in [0.1, 0.15) is 5.60 Å². The molecule has 2 amide bonds. The Balaban J connectivity index is 2.05. The van der Waals surface area contributed by atoms with Gasteiger partial charge in [-0.15, -0.1) is 0 Å². The van der Waals surface area contributed by atoms with E-state index >= 15 is 0 Å². The van der Waals surface area contributed by atoms with E-state index in [0.29, 0.717) is 11.3 Å². The zero-order chi connectivity index (χ0) is 21.9. The normalized spacial score (nSPS) is 18.6. The van der Waals surface area contributed by atoms with Crippen LogP contribution in [0.3, 0.4) is 0 Å². The predicted octanol–water partition coefficient (Wildman–Crippen LogP) is 3.66. The van der Waals surface area contributed by atoms with Crippen molar-refractivity contribution in [2.24, 2.45) is 11.3 Å². The van der Waals surface area contributed by atoms with Crippen molar-refractivity contribution in [2.75, 3.05) is 4.90 Å². The zero-order valence-electron chi connectivity index (χ0n) is 17.3. The van der Waals surface area contributed by atoms with Crippen molar-refractivity contribution in [2.45, 2.75) is 39.2 Å². The Kier molecular flexibility index (Phi) is 5.75. The fourth-order valence-corrected chi connectivity index (χ4v) is 3.65. The lowest BCUT2D eigenvalue weighted by Gasteiger charge is -2.32. The monoisotopic (exact) mass is 404 g/mol. The van der Waals surface area contributed by atoms with Gasteiger partial charge < -0.3 is 4.74 Å². The van der Waals surface area contributed by atoms with E-state index in [4.69, 9.17) is 4.74 Å². The maximum Gasteiger partial charge on any atom is 0.328 e. The van der Waals surface area contributed by atoms with Gasteiger partial charge >= 0.3 is 5.97 Å². The van der Waals surface area contributed by atoms with E-state index in [1.807, 2.05) is 6.07 Å². The first-order valence-corrected chi connectivity index (χ1v) is 9.78. The average Bonchev–Trinajstić information content (AvgIpc) is 3.00. The van der Waals surface area contributed by atoms with Gasteiger partial charge in [0.2, 0.25) is 11.8 Å². The summed E-state index contributed by atoms with van der Waals surface area (Å²) >= 11 is 0. The molecule has 0 saturated carbocycles. The maximum absolute atomic E-state index is 13.3. The molecule has 154 valence electrons. The van der Waals surface area contributed by atoms with Crippen LogP contribution in [0.25, 0.3) is 0 Å². The van der Waals surface area contributed by atoms with E-state index in [1.165, 1.54) is 0 Å². The second-order valence-corrected chi connectivity index (χ2v) is 8.41. The Morgan fingerprint density at radius 1 is 1.07 bits per heavy atom. The highest BCUT2D eigenvalue weighted by Crippen LogP contribution is 2.42. The van der Waals surface area contributed by atoms with Crippen LogP contribution in [0.15, 0.2) is 60.7 Å². The number of rotatable bonds is 5. The minimum Gasteiger partial charge on any atom is -0.459 e. The summed E-state index contributed by atoms with van der Waals surface area (Å²) in [7, 11) is 0. The highest BCUT2D eigenvalue weighted by Gasteiger charge is 2.57. The highest BCUT2D eigenvalue weighted by atomic mass is 16.6. The lowest BCUT2D eigenvalue weighted by Crippen LogP contribution is -2.47. The standard InChI is InChI=1S/C24H24N2O4/c1-23(2,3)30-22(29)24(16-25,15-17-10-6-4-7-11-17)19-14-20(27)26(21(19)28)18-12-8-5-9-13-18/h4-13,19H,14-15H2,1-3H3/t19-,24+/m1/s1. The minimum absolute atomic E-state index is 0.0223. The van der Waals surface area contributed by atoms with Crippen LogP contribution in [0.4, 0.5) is 5.69 Å². The topological polar surface area (TPSA) is 87.5 Å². The van der Waals surface area contributed by atoms with Gasteiger partial charge in [0.15, 0.2) is 5.41 Å². The van der Waals surface area contributed by atoms with Gasteiger partial charge in [0, 0.05) is 12.8 Å². The second-order valence-electron chi connectivity index (χ2n) is 8.41. The third-order valence-electron chi connectivity index (χ3n) is 5.04. The van der Waals surface area contributed by atoms with Crippen LogP contribution in [0.1, 0.15) is 32.8 Å². The van der Waals surface area contributed by atoms with Crippen molar-refractivity contribution >= 4 is 23.5 Å². The Morgan fingerprint density at radius 3 is 2.17 bits per heavy atom. The van der Waals surface area contributed by atoms with E-state index in [9.17, 15) is 19.6 Å². The zero-order valence-corrected chi connectivity index (χ0v) is 17.3. The molecule has 0 spiro atoms. The fourth-order valence-electron chi connectivity index (χ4n) is 3.65. The lowest BCUT2D eigenvalue weighted by molar-refractivity contribution is -0.168. The molecule has 3 rings (SSSR count). The lowest BCUT2D eigenvalue weighted by atomic mass is 9.71. The van der Waals surface area contributed by atoms with Crippen molar-refractivity contribution in [3.05, 3.63) is 66.2 Å². The van der Waals surface area contributed by atoms with Crippen molar-refractivity contribution in [1.29, 1.82) is 5.26 Å². The van der Waals surface area contributed by atoms with Crippen LogP contribution < -0.4 is 4.90 Å². The first kappa shape index (κ1) is 21.3. The predicted molar refractivity (Wildman–Crippen MR) is 111 cm³/mol. The van der Waals surface area contributed by atoms with Crippen molar-refractivity contribution in [3.63, 3.8) is 0 Å². The van der Waals surface area contributed by atoms with Gasteiger partial charge in [0.25, 0.3) is 0 Å². The number of benzene rings is 2. The molecule has 2 atom stereocenters. The Bertz CT molecular complexity index is 989. The second kappa shape index (κ2) is 8.11. The number of esters is 1. The first-order chi connectivity index (χ1) is 14.2. The molecule has 6 heteroatoms. The van der Waals surface area contributed by atoms with Crippen LogP contribution in [0.5, 0.6) is 0 Å². The van der Waals surface area contributed by atoms with E-state index in [0.717, 1.165) is 4.90 Å². The van der Waals surface area contributed by atoms with Crippen LogP contribution in [-0.4, -0.2) is 23.4 Å². The third kappa shape index (κ3) is 4.11. The number of ether oxygens (including phenoxy) is 1. The number of nitriles is 1. The summed E-state index contributed by atoms with van der Waals surface area (Å²) in [6.07, 6.45) is -0.251. The molecule has 1 fully saturated rings. The molecule has 1 saturated heterocycles. The number of nitrogens with zero attached hydrogens (tertiary/aromatic N) is 2. The van der Waals surface area contributed by atoms with E-state index in [-0.39, 0.29) is 12.8 Å². The average molecular weight is 404 g/mol. The molecule has 0 unspecified atom stereocenters. The number of hydrogen-bond donors (Lipinski definition) is 0. The van der Waals surface area contributed by atoms with Crippen molar-refractivity contribution < 1.29 is 19.1 Å². The summed E-state index contributed by atoms with van der Waals surface area (Å²) in [5.41, 5.74) is -1.53. The van der Waals surface area contributed by atoms with Crippen LogP contribution in [0.2, 0.25) is 0 Å². The molecule has 0 aliphatic carbocycles. The molecule has 0 aromatic heterocycles. The van der Waals surface area contributed by atoms with Crippen LogP contribution in [-0.2, 0) is 25.5 Å². The number of para-hydroxylation sites is 1. The summed E-state index contributed by atoms with van der Waals surface area (Å²) in [6.45, 7) is 5.11. The van der Waals surface area contributed by atoms with E-state index < -0.39 is 34.7 Å². The van der Waals surface area contributed by atoms with Gasteiger partial charge in [-0.3, -0.25) is 19.3 Å². The quantitative estimate of drug-likeness (QED) is 0.561. The fraction of sp³-hybridized carbons (Fsp3) is 0.333. The molecule has 2 aromatic rings. The number of amides is 2. The van der Waals surface area contributed by atoms with Crippen molar-refractivity contribution in [1.82, 2.24) is 0 Å². The van der Waals surface area contributed by atoms with E-state index in [2.05, 4.69) is 6.07 Å². The van der Waals surface area contributed by atoms with Crippen LogP contribution in [0, 0.1) is 22.7 Å². The van der Waals surface area contributed by atoms with Gasteiger partial charge in [-0.2, -0.15) is 5.26 Å².